The summed E-state index contributed by atoms with van der Waals surface area (Å²) in [6.07, 6.45) is 7.15. The van der Waals surface area contributed by atoms with Gasteiger partial charge in [0.1, 0.15) is 0 Å². The zero-order valence-corrected chi connectivity index (χ0v) is 11.8. The van der Waals surface area contributed by atoms with Crippen LogP contribution < -0.4 is 5.32 Å². The van der Waals surface area contributed by atoms with Crippen molar-refractivity contribution >= 4 is 22.5 Å². The van der Waals surface area contributed by atoms with Crippen LogP contribution in [0.4, 0.5) is 0 Å². The van der Waals surface area contributed by atoms with Gasteiger partial charge in [-0.05, 0) is 36.2 Å². The van der Waals surface area contributed by atoms with Gasteiger partial charge < -0.3 is 5.32 Å². The van der Waals surface area contributed by atoms with Crippen LogP contribution in [0.3, 0.4) is 0 Å². The molecule has 0 aliphatic heterocycles. The van der Waals surface area contributed by atoms with E-state index in [0.717, 1.165) is 18.7 Å². The molecule has 1 heterocycles. The second-order valence-corrected chi connectivity index (χ2v) is 5.32. The quantitative estimate of drug-likeness (QED) is 0.858. The van der Waals surface area contributed by atoms with Crippen molar-refractivity contribution in [3.63, 3.8) is 0 Å². The molecule has 1 atom stereocenters. The van der Waals surface area contributed by atoms with E-state index in [0.29, 0.717) is 6.04 Å². The summed E-state index contributed by atoms with van der Waals surface area (Å²) < 4.78 is 0. The molecule has 0 amide bonds. The minimum Gasteiger partial charge on any atom is -0.309 e. The molecule has 1 aromatic heterocycles. The highest BCUT2D eigenvalue weighted by molar-refractivity contribution is 7.98. The first-order chi connectivity index (χ1) is 8.86. The minimum atomic E-state index is 0.410. The number of pyridine rings is 1. The Morgan fingerprint density at radius 1 is 1.33 bits per heavy atom. The first-order valence-corrected chi connectivity index (χ1v) is 7.81. The SMILES string of the molecule is CCCNC(CSC)c1cccc2ccncc12. The highest BCUT2D eigenvalue weighted by Gasteiger charge is 2.12. The average molecular weight is 260 g/mol. The number of rotatable bonds is 6. The van der Waals surface area contributed by atoms with Crippen LogP contribution in [0, 0.1) is 0 Å². The molecule has 18 heavy (non-hydrogen) atoms. The predicted molar refractivity (Wildman–Crippen MR) is 81.2 cm³/mol. The summed E-state index contributed by atoms with van der Waals surface area (Å²) in [6.45, 7) is 3.26. The summed E-state index contributed by atoms with van der Waals surface area (Å²) in [5, 5.41) is 6.17. The molecule has 0 spiro atoms. The summed E-state index contributed by atoms with van der Waals surface area (Å²) in [4.78, 5) is 4.26. The van der Waals surface area contributed by atoms with E-state index in [2.05, 4.69) is 47.7 Å². The van der Waals surface area contributed by atoms with Crippen molar-refractivity contribution in [2.75, 3.05) is 18.6 Å². The molecule has 0 saturated heterocycles. The van der Waals surface area contributed by atoms with Gasteiger partial charge in [-0.25, -0.2) is 0 Å². The van der Waals surface area contributed by atoms with Gasteiger partial charge in [-0.15, -0.1) is 0 Å². The van der Waals surface area contributed by atoms with Crippen molar-refractivity contribution in [3.05, 3.63) is 42.2 Å². The Balaban J connectivity index is 2.36. The summed E-state index contributed by atoms with van der Waals surface area (Å²) in [5.41, 5.74) is 1.36. The van der Waals surface area contributed by atoms with Gasteiger partial charge in [-0.1, -0.05) is 25.1 Å². The summed E-state index contributed by atoms with van der Waals surface area (Å²) in [5.74, 6) is 1.09. The second kappa shape index (κ2) is 6.76. The molecule has 1 N–H and O–H groups in total. The highest BCUT2D eigenvalue weighted by atomic mass is 32.2. The smallest absolute Gasteiger partial charge is 0.0418 e. The minimum absolute atomic E-state index is 0.410. The zero-order chi connectivity index (χ0) is 12.8. The molecule has 0 radical (unpaired) electrons. The average Bonchev–Trinajstić information content (AvgIpc) is 2.43. The monoisotopic (exact) mass is 260 g/mol. The molecule has 0 bridgehead atoms. The van der Waals surface area contributed by atoms with Gasteiger partial charge in [-0.3, -0.25) is 4.98 Å². The van der Waals surface area contributed by atoms with Crippen LogP contribution in [0.15, 0.2) is 36.7 Å². The fourth-order valence-corrected chi connectivity index (χ4v) is 2.82. The molecule has 0 saturated carbocycles. The van der Waals surface area contributed by atoms with Crippen molar-refractivity contribution in [1.82, 2.24) is 10.3 Å². The second-order valence-electron chi connectivity index (χ2n) is 4.41. The van der Waals surface area contributed by atoms with E-state index >= 15 is 0 Å². The van der Waals surface area contributed by atoms with Crippen molar-refractivity contribution in [1.29, 1.82) is 0 Å². The van der Waals surface area contributed by atoms with Crippen molar-refractivity contribution in [2.24, 2.45) is 0 Å². The van der Waals surface area contributed by atoms with Crippen LogP contribution in [0.2, 0.25) is 0 Å². The number of aromatic nitrogens is 1. The predicted octanol–water partition coefficient (Wildman–Crippen LogP) is 3.64. The Kier molecular flexibility index (Phi) is 5.02. The molecule has 0 aliphatic carbocycles. The van der Waals surface area contributed by atoms with Crippen LogP contribution >= 0.6 is 11.8 Å². The van der Waals surface area contributed by atoms with Gasteiger partial charge in [0.2, 0.25) is 0 Å². The van der Waals surface area contributed by atoms with Gasteiger partial charge >= 0.3 is 0 Å². The van der Waals surface area contributed by atoms with Crippen LogP contribution in [0.5, 0.6) is 0 Å². The van der Waals surface area contributed by atoms with E-state index < -0.39 is 0 Å². The molecule has 2 rings (SSSR count). The maximum Gasteiger partial charge on any atom is 0.0418 e. The van der Waals surface area contributed by atoms with Gasteiger partial charge in [0, 0.05) is 29.6 Å². The Hall–Kier alpha value is -1.06. The lowest BCUT2D eigenvalue weighted by Crippen LogP contribution is -2.24. The van der Waals surface area contributed by atoms with Crippen molar-refractivity contribution < 1.29 is 0 Å². The van der Waals surface area contributed by atoms with Crippen molar-refractivity contribution in [3.8, 4) is 0 Å². The maximum absolute atomic E-state index is 4.26. The number of hydrogen-bond donors (Lipinski definition) is 1. The molecule has 3 heteroatoms. The van der Waals surface area contributed by atoms with Crippen molar-refractivity contribution in [2.45, 2.75) is 19.4 Å². The summed E-state index contributed by atoms with van der Waals surface area (Å²) in [7, 11) is 0. The first-order valence-electron chi connectivity index (χ1n) is 6.41. The Morgan fingerprint density at radius 2 is 2.22 bits per heavy atom. The highest BCUT2D eigenvalue weighted by Crippen LogP contribution is 2.25. The maximum atomic E-state index is 4.26. The number of nitrogens with one attached hydrogen (secondary N) is 1. The third kappa shape index (κ3) is 3.03. The molecule has 2 aromatic rings. The van der Waals surface area contributed by atoms with E-state index in [-0.39, 0.29) is 0 Å². The first kappa shape index (κ1) is 13.4. The lowest BCUT2D eigenvalue weighted by molar-refractivity contribution is 0.581. The number of benzene rings is 1. The van der Waals surface area contributed by atoms with E-state index in [4.69, 9.17) is 0 Å². The Morgan fingerprint density at radius 3 is 3.00 bits per heavy atom. The topological polar surface area (TPSA) is 24.9 Å². The molecular weight excluding hydrogens is 240 g/mol. The molecule has 0 aliphatic rings. The number of thioether (sulfide) groups is 1. The lowest BCUT2D eigenvalue weighted by Gasteiger charge is -2.19. The normalized spacial score (nSPS) is 12.8. The van der Waals surface area contributed by atoms with Gasteiger partial charge in [-0.2, -0.15) is 11.8 Å². The molecule has 1 aromatic carbocycles. The van der Waals surface area contributed by atoms with Gasteiger partial charge in [0.25, 0.3) is 0 Å². The fourth-order valence-electron chi connectivity index (χ4n) is 2.18. The zero-order valence-electron chi connectivity index (χ0n) is 11.0. The van der Waals surface area contributed by atoms with Gasteiger partial charge in [0.05, 0.1) is 0 Å². The number of fused-ring (bicyclic) bond motifs is 1. The summed E-state index contributed by atoms with van der Waals surface area (Å²) in [6, 6.07) is 8.99. The largest absolute Gasteiger partial charge is 0.309 e. The Bertz CT molecular complexity index is 493. The molecule has 96 valence electrons. The third-order valence-corrected chi connectivity index (χ3v) is 3.73. The standard InChI is InChI=1S/C15H20N2S/c1-3-8-17-15(11-18-2)13-6-4-5-12-7-9-16-10-14(12)13/h4-7,9-10,15,17H,3,8,11H2,1-2H3. The molecule has 2 nitrogen and oxygen atoms in total. The van der Waals surface area contributed by atoms with Crippen LogP contribution in [0.1, 0.15) is 24.9 Å². The lowest BCUT2D eigenvalue weighted by atomic mass is 10.0. The molecular formula is C15H20N2S. The van der Waals surface area contributed by atoms with Crippen LogP contribution in [0.25, 0.3) is 10.8 Å². The van der Waals surface area contributed by atoms with Crippen LogP contribution in [-0.4, -0.2) is 23.5 Å². The van der Waals surface area contributed by atoms with E-state index in [1.165, 1.54) is 16.3 Å². The number of hydrogen-bond acceptors (Lipinski definition) is 3. The number of nitrogens with zero attached hydrogens (tertiary/aromatic N) is 1. The summed E-state index contributed by atoms with van der Waals surface area (Å²) >= 11 is 1.88. The fraction of sp³-hybridized carbons (Fsp3) is 0.400. The van der Waals surface area contributed by atoms with Crippen LogP contribution in [-0.2, 0) is 0 Å². The van der Waals surface area contributed by atoms with E-state index in [1.807, 2.05) is 24.2 Å². The van der Waals surface area contributed by atoms with E-state index in [1.54, 1.807) is 0 Å². The Labute approximate surface area is 113 Å². The molecule has 0 fully saturated rings. The van der Waals surface area contributed by atoms with E-state index in [9.17, 15) is 0 Å². The van der Waals surface area contributed by atoms with Gasteiger partial charge in [0.15, 0.2) is 0 Å². The molecule has 1 unspecified atom stereocenters. The third-order valence-electron chi connectivity index (χ3n) is 3.07.